The zero-order valence-electron chi connectivity index (χ0n) is 10.2. The number of allylic oxidation sites excluding steroid dienone is 1. The third kappa shape index (κ3) is 3.19. The molecule has 0 radical (unpaired) electrons. The molecule has 1 aromatic carbocycles. The van der Waals surface area contributed by atoms with Crippen LogP contribution in [0.15, 0.2) is 41.3 Å². The minimum absolute atomic E-state index is 0.00850. The quantitative estimate of drug-likeness (QED) is 0.812. The van der Waals surface area contributed by atoms with Crippen molar-refractivity contribution in [3.63, 3.8) is 0 Å². The van der Waals surface area contributed by atoms with Gasteiger partial charge in [-0.1, -0.05) is 24.3 Å². The summed E-state index contributed by atoms with van der Waals surface area (Å²) in [6.45, 7) is 0.418. The van der Waals surface area contributed by atoms with Crippen LogP contribution in [-0.4, -0.2) is 14.5 Å². The Hall–Kier alpha value is -1.17. The van der Waals surface area contributed by atoms with E-state index < -0.39 is 10.0 Å². The minimum Gasteiger partial charge on any atom is -0.326 e. The van der Waals surface area contributed by atoms with Crippen molar-refractivity contribution in [3.05, 3.63) is 42.0 Å². The second-order valence-corrected chi connectivity index (χ2v) is 6.16. The highest BCUT2D eigenvalue weighted by Crippen LogP contribution is 2.16. The van der Waals surface area contributed by atoms with Gasteiger partial charge < -0.3 is 5.73 Å². The van der Waals surface area contributed by atoms with Crippen molar-refractivity contribution in [2.24, 2.45) is 5.73 Å². The molecule has 3 N–H and O–H groups in total. The maximum atomic E-state index is 12.1. The van der Waals surface area contributed by atoms with E-state index in [9.17, 15) is 8.42 Å². The number of nitrogens with one attached hydrogen (secondary N) is 1. The van der Waals surface area contributed by atoms with Gasteiger partial charge in [0.25, 0.3) is 0 Å². The Labute approximate surface area is 108 Å². The monoisotopic (exact) mass is 266 g/mol. The van der Waals surface area contributed by atoms with Gasteiger partial charge in [0, 0.05) is 12.6 Å². The molecule has 0 spiro atoms. The Morgan fingerprint density at radius 2 is 1.94 bits per heavy atom. The molecule has 1 atom stereocenters. The second-order valence-electron chi connectivity index (χ2n) is 4.45. The molecule has 4 nitrogen and oxygen atoms in total. The van der Waals surface area contributed by atoms with Crippen LogP contribution in [0.25, 0.3) is 0 Å². The maximum Gasteiger partial charge on any atom is 0.240 e. The van der Waals surface area contributed by atoms with Crippen molar-refractivity contribution in [3.8, 4) is 0 Å². The topological polar surface area (TPSA) is 72.2 Å². The molecule has 1 aromatic rings. The first-order chi connectivity index (χ1) is 8.62. The molecule has 5 heteroatoms. The van der Waals surface area contributed by atoms with Gasteiger partial charge in [-0.25, -0.2) is 13.1 Å². The molecule has 0 heterocycles. The number of rotatable bonds is 4. The van der Waals surface area contributed by atoms with Gasteiger partial charge in [-0.3, -0.25) is 0 Å². The molecular weight excluding hydrogens is 248 g/mol. The van der Waals surface area contributed by atoms with Crippen molar-refractivity contribution < 1.29 is 8.42 Å². The molecule has 0 fully saturated rings. The van der Waals surface area contributed by atoms with Gasteiger partial charge in [0.05, 0.1) is 4.90 Å². The van der Waals surface area contributed by atoms with Crippen molar-refractivity contribution in [2.45, 2.75) is 36.7 Å². The van der Waals surface area contributed by atoms with Crippen LogP contribution >= 0.6 is 0 Å². The third-order valence-corrected chi connectivity index (χ3v) is 4.60. The van der Waals surface area contributed by atoms with Gasteiger partial charge in [-0.15, -0.1) is 0 Å². The van der Waals surface area contributed by atoms with Gasteiger partial charge in [-0.05, 0) is 37.0 Å². The number of sulfonamides is 1. The first-order valence-corrected chi connectivity index (χ1v) is 7.56. The number of benzene rings is 1. The lowest BCUT2D eigenvalue weighted by molar-refractivity contribution is 0.522. The predicted molar refractivity (Wildman–Crippen MR) is 71.4 cm³/mol. The van der Waals surface area contributed by atoms with Crippen LogP contribution in [0.1, 0.15) is 24.8 Å². The maximum absolute atomic E-state index is 12.1. The largest absolute Gasteiger partial charge is 0.326 e. The second kappa shape index (κ2) is 5.65. The molecule has 1 unspecified atom stereocenters. The van der Waals surface area contributed by atoms with E-state index in [2.05, 4.69) is 10.8 Å². The average Bonchev–Trinajstić information content (AvgIpc) is 2.39. The molecular formula is C13H18N2O2S. The van der Waals surface area contributed by atoms with Crippen molar-refractivity contribution in [1.29, 1.82) is 0 Å². The Morgan fingerprint density at radius 3 is 2.50 bits per heavy atom. The molecule has 0 saturated carbocycles. The summed E-state index contributed by atoms with van der Waals surface area (Å²) in [5.74, 6) is 0. The van der Waals surface area contributed by atoms with Gasteiger partial charge in [0.2, 0.25) is 10.0 Å². The third-order valence-electron chi connectivity index (χ3n) is 3.06. The highest BCUT2D eigenvalue weighted by molar-refractivity contribution is 7.89. The summed E-state index contributed by atoms with van der Waals surface area (Å²) < 4.78 is 27.0. The van der Waals surface area contributed by atoms with Crippen LogP contribution in [0, 0.1) is 0 Å². The van der Waals surface area contributed by atoms with Crippen LogP contribution < -0.4 is 10.5 Å². The Bertz CT molecular complexity index is 520. The fourth-order valence-electron chi connectivity index (χ4n) is 1.99. The van der Waals surface area contributed by atoms with E-state index in [1.807, 2.05) is 6.08 Å². The van der Waals surface area contributed by atoms with E-state index in [0.717, 1.165) is 24.8 Å². The first-order valence-electron chi connectivity index (χ1n) is 6.08. The zero-order valence-corrected chi connectivity index (χ0v) is 11.0. The molecule has 1 aliphatic rings. The van der Waals surface area contributed by atoms with Crippen LogP contribution in [0.2, 0.25) is 0 Å². The summed E-state index contributed by atoms with van der Waals surface area (Å²) in [5, 5.41) is 0. The van der Waals surface area contributed by atoms with Gasteiger partial charge in [-0.2, -0.15) is 0 Å². The lowest BCUT2D eigenvalue weighted by Gasteiger charge is -2.19. The Balaban J connectivity index is 2.11. The van der Waals surface area contributed by atoms with E-state index in [0.29, 0.717) is 11.4 Å². The van der Waals surface area contributed by atoms with Gasteiger partial charge in [0.1, 0.15) is 0 Å². The van der Waals surface area contributed by atoms with E-state index >= 15 is 0 Å². The number of nitrogens with two attached hydrogens (primary N) is 1. The van der Waals surface area contributed by atoms with Crippen molar-refractivity contribution in [2.75, 3.05) is 0 Å². The van der Waals surface area contributed by atoms with E-state index in [-0.39, 0.29) is 6.04 Å². The molecule has 18 heavy (non-hydrogen) atoms. The fraction of sp³-hybridized carbons (Fsp3) is 0.385. The summed E-state index contributed by atoms with van der Waals surface area (Å²) in [4.78, 5) is 0.300. The van der Waals surface area contributed by atoms with Gasteiger partial charge in [0.15, 0.2) is 0 Å². The fourth-order valence-corrected chi connectivity index (χ4v) is 3.28. The standard InChI is InChI=1S/C13H18N2O2S/c14-10-11-6-8-13(9-7-11)18(16,17)15-12-4-2-1-3-5-12/h1-2,6-9,12,15H,3-5,10,14H2. The van der Waals surface area contributed by atoms with Gasteiger partial charge >= 0.3 is 0 Å². The first kappa shape index (κ1) is 13.3. The van der Waals surface area contributed by atoms with E-state index in [1.54, 1.807) is 24.3 Å². The van der Waals surface area contributed by atoms with E-state index in [1.165, 1.54) is 0 Å². The zero-order chi connectivity index (χ0) is 13.0. The van der Waals surface area contributed by atoms with Crippen LogP contribution in [0.3, 0.4) is 0 Å². The smallest absolute Gasteiger partial charge is 0.240 e. The highest BCUT2D eigenvalue weighted by atomic mass is 32.2. The Morgan fingerprint density at radius 1 is 1.22 bits per heavy atom. The summed E-state index contributed by atoms with van der Waals surface area (Å²) in [5.41, 5.74) is 6.41. The number of hydrogen-bond acceptors (Lipinski definition) is 3. The molecule has 0 aliphatic heterocycles. The highest BCUT2D eigenvalue weighted by Gasteiger charge is 2.19. The SMILES string of the molecule is NCc1ccc(S(=O)(=O)NC2CC=CCC2)cc1. The molecule has 0 aromatic heterocycles. The lowest BCUT2D eigenvalue weighted by Crippen LogP contribution is -2.35. The summed E-state index contributed by atoms with van der Waals surface area (Å²) in [6.07, 6.45) is 6.66. The van der Waals surface area contributed by atoms with Crippen LogP contribution in [0.5, 0.6) is 0 Å². The molecule has 0 saturated heterocycles. The summed E-state index contributed by atoms with van der Waals surface area (Å²) in [7, 11) is -3.41. The molecule has 0 bridgehead atoms. The summed E-state index contributed by atoms with van der Waals surface area (Å²) in [6, 6.07) is 6.70. The number of hydrogen-bond donors (Lipinski definition) is 2. The molecule has 1 aliphatic carbocycles. The predicted octanol–water partition coefficient (Wildman–Crippen LogP) is 1.53. The minimum atomic E-state index is -3.41. The molecule has 2 rings (SSSR count). The average molecular weight is 266 g/mol. The molecule has 98 valence electrons. The summed E-state index contributed by atoms with van der Waals surface area (Å²) >= 11 is 0. The lowest BCUT2D eigenvalue weighted by atomic mass is 10.0. The normalized spacial score (nSPS) is 19.9. The Kier molecular flexibility index (Phi) is 4.16. The van der Waals surface area contributed by atoms with Crippen molar-refractivity contribution >= 4 is 10.0 Å². The van der Waals surface area contributed by atoms with Crippen LogP contribution in [-0.2, 0) is 16.6 Å². The van der Waals surface area contributed by atoms with E-state index in [4.69, 9.17) is 5.73 Å². The molecule has 0 amide bonds. The van der Waals surface area contributed by atoms with Crippen molar-refractivity contribution in [1.82, 2.24) is 4.72 Å². The van der Waals surface area contributed by atoms with Crippen LogP contribution in [0.4, 0.5) is 0 Å².